The highest BCUT2D eigenvalue weighted by atomic mass is 16.2. The summed E-state index contributed by atoms with van der Waals surface area (Å²) in [5, 5.41) is 6.96. The first-order valence-electron chi connectivity index (χ1n) is 7.86. The molecule has 0 radical (unpaired) electrons. The first-order valence-corrected chi connectivity index (χ1v) is 7.86. The van der Waals surface area contributed by atoms with E-state index in [1.54, 1.807) is 0 Å². The first kappa shape index (κ1) is 13.6. The van der Waals surface area contributed by atoms with Gasteiger partial charge < -0.3 is 4.90 Å². The molecule has 2 atom stereocenters. The summed E-state index contributed by atoms with van der Waals surface area (Å²) in [6.07, 6.45) is 6.47. The van der Waals surface area contributed by atoms with E-state index in [1.165, 1.54) is 25.7 Å². The molecule has 1 amide bonds. The van der Waals surface area contributed by atoms with Crippen LogP contribution in [0.5, 0.6) is 0 Å². The highest BCUT2D eigenvalue weighted by molar-refractivity contribution is 5.90. The summed E-state index contributed by atoms with van der Waals surface area (Å²) < 4.78 is 0. The Morgan fingerprint density at radius 1 is 1.25 bits per heavy atom. The lowest BCUT2D eigenvalue weighted by atomic mass is 9.75. The fourth-order valence-electron chi connectivity index (χ4n) is 3.55. The van der Waals surface area contributed by atoms with Crippen LogP contribution < -0.4 is 0 Å². The molecule has 5 nitrogen and oxygen atoms in total. The Bertz CT molecular complexity index is 482. The molecule has 2 unspecified atom stereocenters. The minimum absolute atomic E-state index is 0.00262. The second-order valence-corrected chi connectivity index (χ2v) is 6.54. The topological polar surface area (TPSA) is 61.9 Å². The maximum atomic E-state index is 12.5. The average molecular weight is 276 g/mol. The normalized spacial score (nSPS) is 26.6. The Balaban J connectivity index is 1.67. The molecule has 20 heavy (non-hydrogen) atoms. The number of hydrogen-bond donors (Lipinski definition) is 1. The monoisotopic (exact) mass is 276 g/mol. The molecule has 1 aromatic rings. The average Bonchev–Trinajstić information content (AvgIpc) is 2.96. The van der Waals surface area contributed by atoms with Crippen LogP contribution in [-0.2, 0) is 0 Å². The molecule has 110 valence electrons. The van der Waals surface area contributed by atoms with Gasteiger partial charge in [0.2, 0.25) is 5.82 Å². The number of H-pyrrole nitrogens is 1. The lowest BCUT2D eigenvalue weighted by molar-refractivity contribution is 0.0510. The number of aromatic amines is 1. The molecular weight excluding hydrogens is 252 g/mol. The Kier molecular flexibility index (Phi) is 3.76. The second kappa shape index (κ2) is 5.54. The Hall–Kier alpha value is -1.39. The summed E-state index contributed by atoms with van der Waals surface area (Å²) >= 11 is 0. The summed E-state index contributed by atoms with van der Waals surface area (Å²) in [4.78, 5) is 18.8. The highest BCUT2D eigenvalue weighted by Gasteiger charge is 2.34. The number of nitrogens with one attached hydrogen (secondary N) is 1. The van der Waals surface area contributed by atoms with E-state index in [0.29, 0.717) is 11.7 Å². The molecule has 1 saturated carbocycles. The first-order chi connectivity index (χ1) is 9.65. The van der Waals surface area contributed by atoms with Crippen molar-refractivity contribution in [2.45, 2.75) is 51.9 Å². The van der Waals surface area contributed by atoms with Crippen LogP contribution in [0.1, 0.15) is 68.3 Å². The third kappa shape index (κ3) is 2.58. The molecule has 1 aromatic heterocycles. The van der Waals surface area contributed by atoms with Gasteiger partial charge in [0.25, 0.3) is 5.91 Å². The number of hydrogen-bond acceptors (Lipinski definition) is 3. The van der Waals surface area contributed by atoms with E-state index in [4.69, 9.17) is 0 Å². The summed E-state index contributed by atoms with van der Waals surface area (Å²) in [6.45, 7) is 5.85. The lowest BCUT2D eigenvalue weighted by Crippen LogP contribution is -2.45. The molecule has 0 aromatic carbocycles. The van der Waals surface area contributed by atoms with Gasteiger partial charge in [-0.15, -0.1) is 5.10 Å². The largest absolute Gasteiger partial charge is 0.336 e. The number of rotatable bonds is 2. The van der Waals surface area contributed by atoms with Crippen molar-refractivity contribution in [1.29, 1.82) is 0 Å². The predicted molar refractivity (Wildman–Crippen MR) is 76.4 cm³/mol. The van der Waals surface area contributed by atoms with Crippen molar-refractivity contribution in [2.24, 2.45) is 11.8 Å². The van der Waals surface area contributed by atoms with Gasteiger partial charge in [-0.3, -0.25) is 9.89 Å². The van der Waals surface area contributed by atoms with Crippen LogP contribution in [0.15, 0.2) is 0 Å². The predicted octanol–water partition coefficient (Wildman–Crippen LogP) is 2.58. The van der Waals surface area contributed by atoms with Crippen molar-refractivity contribution in [3.05, 3.63) is 11.6 Å². The van der Waals surface area contributed by atoms with Crippen LogP contribution in [0, 0.1) is 11.8 Å². The van der Waals surface area contributed by atoms with Crippen molar-refractivity contribution in [2.75, 3.05) is 13.1 Å². The van der Waals surface area contributed by atoms with Gasteiger partial charge in [0.1, 0.15) is 5.82 Å². The summed E-state index contributed by atoms with van der Waals surface area (Å²) in [7, 11) is 0. The third-order valence-corrected chi connectivity index (χ3v) is 4.82. The number of carbonyl (C=O) groups is 1. The summed E-state index contributed by atoms with van der Waals surface area (Å²) in [6, 6.07) is 0. The van der Waals surface area contributed by atoms with E-state index in [9.17, 15) is 4.79 Å². The molecule has 1 aliphatic heterocycles. The smallest absolute Gasteiger partial charge is 0.293 e. The van der Waals surface area contributed by atoms with Gasteiger partial charge in [-0.25, -0.2) is 4.98 Å². The van der Waals surface area contributed by atoms with Gasteiger partial charge in [-0.05, 0) is 24.7 Å². The van der Waals surface area contributed by atoms with Crippen LogP contribution in [-0.4, -0.2) is 39.1 Å². The maximum Gasteiger partial charge on any atom is 0.293 e. The molecule has 3 rings (SSSR count). The van der Waals surface area contributed by atoms with E-state index in [-0.39, 0.29) is 11.8 Å². The van der Waals surface area contributed by atoms with Crippen LogP contribution in [0.4, 0.5) is 0 Å². The Labute approximate surface area is 120 Å². The fourth-order valence-corrected chi connectivity index (χ4v) is 3.55. The standard InChI is InChI=1S/C15H24N4O/c1-10(2)13-16-14(18-17-13)15(20)19-8-7-11-5-3-4-6-12(11)9-19/h10-12H,3-9H2,1-2H3,(H,16,17,18). The van der Waals surface area contributed by atoms with Gasteiger partial charge in [0.05, 0.1) is 0 Å². The number of fused-ring (bicyclic) bond motifs is 1. The Morgan fingerprint density at radius 2 is 2.00 bits per heavy atom. The molecule has 2 aliphatic rings. The Morgan fingerprint density at radius 3 is 2.70 bits per heavy atom. The van der Waals surface area contributed by atoms with Gasteiger partial charge in [0.15, 0.2) is 0 Å². The molecular formula is C15H24N4O. The van der Waals surface area contributed by atoms with E-state index in [0.717, 1.165) is 31.3 Å². The van der Waals surface area contributed by atoms with Crippen molar-refractivity contribution in [1.82, 2.24) is 20.1 Å². The number of carbonyl (C=O) groups excluding carboxylic acids is 1. The zero-order valence-corrected chi connectivity index (χ0v) is 12.4. The van der Waals surface area contributed by atoms with E-state index in [1.807, 2.05) is 18.7 Å². The highest BCUT2D eigenvalue weighted by Crippen LogP contribution is 2.36. The third-order valence-electron chi connectivity index (χ3n) is 4.82. The van der Waals surface area contributed by atoms with Gasteiger partial charge in [-0.1, -0.05) is 33.1 Å². The van der Waals surface area contributed by atoms with Gasteiger partial charge in [-0.2, -0.15) is 0 Å². The number of amides is 1. The quantitative estimate of drug-likeness (QED) is 0.903. The van der Waals surface area contributed by atoms with Crippen molar-refractivity contribution < 1.29 is 4.79 Å². The van der Waals surface area contributed by atoms with Gasteiger partial charge >= 0.3 is 0 Å². The maximum absolute atomic E-state index is 12.5. The molecule has 0 bridgehead atoms. The lowest BCUT2D eigenvalue weighted by Gasteiger charge is -2.40. The number of nitrogens with zero attached hydrogens (tertiary/aromatic N) is 3. The minimum Gasteiger partial charge on any atom is -0.336 e. The molecule has 1 saturated heterocycles. The molecule has 1 N–H and O–H groups in total. The zero-order chi connectivity index (χ0) is 14.1. The van der Waals surface area contributed by atoms with Crippen LogP contribution in [0.25, 0.3) is 0 Å². The molecule has 2 fully saturated rings. The molecule has 1 aliphatic carbocycles. The summed E-state index contributed by atoms with van der Waals surface area (Å²) in [5.74, 6) is 2.94. The zero-order valence-electron chi connectivity index (χ0n) is 12.4. The van der Waals surface area contributed by atoms with E-state index >= 15 is 0 Å². The summed E-state index contributed by atoms with van der Waals surface area (Å²) in [5.41, 5.74) is 0. The van der Waals surface area contributed by atoms with Crippen LogP contribution in [0.2, 0.25) is 0 Å². The molecule has 2 heterocycles. The number of piperidine rings is 1. The SMILES string of the molecule is CC(C)c1nc(C(=O)N2CCC3CCCCC3C2)n[nH]1. The van der Waals surface area contributed by atoms with Crippen molar-refractivity contribution >= 4 is 5.91 Å². The second-order valence-electron chi connectivity index (χ2n) is 6.54. The van der Waals surface area contributed by atoms with Crippen LogP contribution >= 0.6 is 0 Å². The van der Waals surface area contributed by atoms with E-state index < -0.39 is 0 Å². The van der Waals surface area contributed by atoms with Crippen molar-refractivity contribution in [3.63, 3.8) is 0 Å². The van der Waals surface area contributed by atoms with Crippen LogP contribution in [0.3, 0.4) is 0 Å². The molecule has 0 spiro atoms. The number of aromatic nitrogens is 3. The number of likely N-dealkylation sites (tertiary alicyclic amines) is 1. The van der Waals surface area contributed by atoms with E-state index in [2.05, 4.69) is 15.2 Å². The fraction of sp³-hybridized carbons (Fsp3) is 0.800. The van der Waals surface area contributed by atoms with Gasteiger partial charge in [0, 0.05) is 19.0 Å². The molecule has 5 heteroatoms. The van der Waals surface area contributed by atoms with Crippen molar-refractivity contribution in [3.8, 4) is 0 Å². The minimum atomic E-state index is -0.00262.